The van der Waals surface area contributed by atoms with E-state index in [1.807, 2.05) is 6.07 Å². The second-order valence-corrected chi connectivity index (χ2v) is 7.24. The first-order chi connectivity index (χ1) is 12.7. The number of hydrogen-bond acceptors (Lipinski definition) is 2. The van der Waals surface area contributed by atoms with Gasteiger partial charge in [-0.25, -0.2) is 0 Å². The third-order valence-electron chi connectivity index (χ3n) is 5.46. The molecule has 1 fully saturated rings. The highest BCUT2D eigenvalue weighted by atomic mass is 16.3. The molecule has 0 atom stereocenters. The minimum absolute atomic E-state index is 0.706. The lowest BCUT2D eigenvalue weighted by atomic mass is 9.83. The van der Waals surface area contributed by atoms with Crippen molar-refractivity contribution in [2.24, 2.45) is 0 Å². The van der Waals surface area contributed by atoms with Crippen molar-refractivity contribution in [3.05, 3.63) is 96.1 Å². The van der Waals surface area contributed by atoms with Gasteiger partial charge in [-0.05, 0) is 35.1 Å². The summed E-state index contributed by atoms with van der Waals surface area (Å²) in [6.45, 7) is 2.81. The molecule has 0 aromatic heterocycles. The van der Waals surface area contributed by atoms with Gasteiger partial charge in [-0.1, -0.05) is 84.9 Å². The van der Waals surface area contributed by atoms with E-state index >= 15 is 0 Å². The molecule has 26 heavy (non-hydrogen) atoms. The summed E-state index contributed by atoms with van der Waals surface area (Å²) in [6, 6.07) is 29.4. The number of benzene rings is 3. The van der Waals surface area contributed by atoms with Crippen LogP contribution in [0.4, 0.5) is 0 Å². The van der Waals surface area contributed by atoms with E-state index in [-0.39, 0.29) is 0 Å². The molecule has 3 aromatic carbocycles. The summed E-state index contributed by atoms with van der Waals surface area (Å²) in [5.74, 6) is 0. The number of likely N-dealkylation sites (tertiary alicyclic amines) is 1. The first-order valence-corrected chi connectivity index (χ1v) is 9.38. The fourth-order valence-corrected chi connectivity index (χ4v) is 3.81. The predicted octanol–water partition coefficient (Wildman–Crippen LogP) is 4.84. The molecular weight excluding hydrogens is 318 g/mol. The zero-order valence-corrected chi connectivity index (χ0v) is 15.0. The van der Waals surface area contributed by atoms with Gasteiger partial charge in [0.15, 0.2) is 0 Å². The highest BCUT2D eigenvalue weighted by molar-refractivity contribution is 5.63. The van der Waals surface area contributed by atoms with Gasteiger partial charge in [-0.3, -0.25) is 4.90 Å². The average molecular weight is 343 g/mol. The SMILES string of the molecule is OC1(c2ccc(-c3ccccc3)cc2)CCN(Cc2ccccc2)CC1. The van der Waals surface area contributed by atoms with Crippen LogP contribution in [0.5, 0.6) is 0 Å². The van der Waals surface area contributed by atoms with Crippen molar-refractivity contribution < 1.29 is 5.11 Å². The van der Waals surface area contributed by atoms with Gasteiger partial charge in [0, 0.05) is 19.6 Å². The molecule has 2 nitrogen and oxygen atoms in total. The van der Waals surface area contributed by atoms with Crippen LogP contribution < -0.4 is 0 Å². The van der Waals surface area contributed by atoms with Crippen LogP contribution in [0.1, 0.15) is 24.0 Å². The highest BCUT2D eigenvalue weighted by Crippen LogP contribution is 2.34. The van der Waals surface area contributed by atoms with E-state index in [1.54, 1.807) is 0 Å². The number of aliphatic hydroxyl groups is 1. The minimum Gasteiger partial charge on any atom is -0.385 e. The fourth-order valence-electron chi connectivity index (χ4n) is 3.81. The lowest BCUT2D eigenvalue weighted by molar-refractivity contribution is -0.0277. The standard InChI is InChI=1S/C24H25NO/c26-24(15-17-25(18-16-24)19-20-7-3-1-4-8-20)23-13-11-22(12-14-23)21-9-5-2-6-10-21/h1-14,26H,15-19H2. The molecule has 1 aliphatic rings. The molecule has 1 N–H and O–H groups in total. The summed E-state index contributed by atoms with van der Waals surface area (Å²) < 4.78 is 0. The molecule has 1 saturated heterocycles. The molecule has 0 spiro atoms. The average Bonchev–Trinajstić information content (AvgIpc) is 2.71. The van der Waals surface area contributed by atoms with Crippen LogP contribution in [-0.4, -0.2) is 23.1 Å². The van der Waals surface area contributed by atoms with E-state index in [1.165, 1.54) is 16.7 Å². The van der Waals surface area contributed by atoms with Crippen LogP contribution in [0.3, 0.4) is 0 Å². The van der Waals surface area contributed by atoms with Gasteiger partial charge in [-0.2, -0.15) is 0 Å². The van der Waals surface area contributed by atoms with E-state index in [4.69, 9.17) is 0 Å². The van der Waals surface area contributed by atoms with E-state index in [0.717, 1.165) is 38.0 Å². The van der Waals surface area contributed by atoms with Crippen molar-refractivity contribution in [3.63, 3.8) is 0 Å². The van der Waals surface area contributed by atoms with Crippen LogP contribution in [0, 0.1) is 0 Å². The molecule has 1 heterocycles. The summed E-state index contributed by atoms with van der Waals surface area (Å²) in [5.41, 5.74) is 4.08. The van der Waals surface area contributed by atoms with Crippen molar-refractivity contribution in [3.8, 4) is 11.1 Å². The van der Waals surface area contributed by atoms with Crippen molar-refractivity contribution in [1.29, 1.82) is 0 Å². The van der Waals surface area contributed by atoms with Crippen LogP contribution in [0.2, 0.25) is 0 Å². The molecule has 2 heteroatoms. The first kappa shape index (κ1) is 17.0. The third kappa shape index (κ3) is 3.72. The van der Waals surface area contributed by atoms with Crippen molar-refractivity contribution in [2.45, 2.75) is 25.0 Å². The molecule has 4 rings (SSSR count). The van der Waals surface area contributed by atoms with Gasteiger partial charge in [0.1, 0.15) is 0 Å². The maximum Gasteiger partial charge on any atom is 0.0920 e. The minimum atomic E-state index is -0.706. The number of piperidine rings is 1. The quantitative estimate of drug-likeness (QED) is 0.733. The Morgan fingerprint density at radius 3 is 1.85 bits per heavy atom. The van der Waals surface area contributed by atoms with E-state index in [0.29, 0.717) is 0 Å². The Morgan fingerprint density at radius 1 is 0.692 bits per heavy atom. The smallest absolute Gasteiger partial charge is 0.0920 e. The lowest BCUT2D eigenvalue weighted by Crippen LogP contribution is -2.42. The largest absolute Gasteiger partial charge is 0.385 e. The van der Waals surface area contributed by atoms with Gasteiger partial charge in [0.25, 0.3) is 0 Å². The first-order valence-electron chi connectivity index (χ1n) is 9.38. The van der Waals surface area contributed by atoms with Crippen molar-refractivity contribution in [2.75, 3.05) is 13.1 Å². The zero-order valence-electron chi connectivity index (χ0n) is 15.0. The summed E-state index contributed by atoms with van der Waals surface area (Å²) >= 11 is 0. The highest BCUT2D eigenvalue weighted by Gasteiger charge is 2.33. The maximum absolute atomic E-state index is 11.2. The van der Waals surface area contributed by atoms with Gasteiger partial charge < -0.3 is 5.11 Å². The van der Waals surface area contributed by atoms with Gasteiger partial charge in [-0.15, -0.1) is 0 Å². The molecular formula is C24H25NO. The Labute approximate surface area is 155 Å². The van der Waals surface area contributed by atoms with Crippen molar-refractivity contribution >= 4 is 0 Å². The molecule has 132 valence electrons. The summed E-state index contributed by atoms with van der Waals surface area (Å²) in [6.07, 6.45) is 1.56. The monoisotopic (exact) mass is 343 g/mol. The van der Waals surface area contributed by atoms with Gasteiger partial charge in [0.2, 0.25) is 0 Å². The molecule has 0 amide bonds. The van der Waals surface area contributed by atoms with Crippen LogP contribution in [0.25, 0.3) is 11.1 Å². The third-order valence-corrected chi connectivity index (χ3v) is 5.46. The Balaban J connectivity index is 1.42. The Hall–Kier alpha value is -2.42. The molecule has 0 radical (unpaired) electrons. The lowest BCUT2D eigenvalue weighted by Gasteiger charge is -2.38. The summed E-state index contributed by atoms with van der Waals surface area (Å²) in [5, 5.41) is 11.2. The summed E-state index contributed by atoms with van der Waals surface area (Å²) in [7, 11) is 0. The molecule has 1 aliphatic heterocycles. The van der Waals surface area contributed by atoms with E-state index < -0.39 is 5.60 Å². The van der Waals surface area contributed by atoms with Crippen molar-refractivity contribution in [1.82, 2.24) is 4.90 Å². The Bertz CT molecular complexity index is 819. The molecule has 0 aliphatic carbocycles. The summed E-state index contributed by atoms with van der Waals surface area (Å²) in [4.78, 5) is 2.43. The second-order valence-electron chi connectivity index (χ2n) is 7.24. The Kier molecular flexibility index (Phi) is 4.87. The van der Waals surface area contributed by atoms with Crippen LogP contribution >= 0.6 is 0 Å². The normalized spacial score (nSPS) is 17.1. The number of nitrogens with zero attached hydrogens (tertiary/aromatic N) is 1. The molecule has 3 aromatic rings. The van der Waals surface area contributed by atoms with Gasteiger partial charge >= 0.3 is 0 Å². The second kappa shape index (κ2) is 7.45. The zero-order chi connectivity index (χ0) is 17.8. The van der Waals surface area contributed by atoms with E-state index in [9.17, 15) is 5.11 Å². The maximum atomic E-state index is 11.2. The number of rotatable bonds is 4. The predicted molar refractivity (Wildman–Crippen MR) is 107 cm³/mol. The Morgan fingerprint density at radius 2 is 1.23 bits per heavy atom. The molecule has 0 saturated carbocycles. The van der Waals surface area contributed by atoms with Crippen LogP contribution in [-0.2, 0) is 12.1 Å². The molecule has 0 bridgehead atoms. The van der Waals surface area contributed by atoms with Crippen LogP contribution in [0.15, 0.2) is 84.9 Å². The topological polar surface area (TPSA) is 23.5 Å². The molecule has 0 unspecified atom stereocenters. The van der Waals surface area contributed by atoms with Gasteiger partial charge in [0.05, 0.1) is 5.60 Å². The number of hydrogen-bond donors (Lipinski definition) is 1. The fraction of sp³-hybridized carbons (Fsp3) is 0.250. The van der Waals surface area contributed by atoms with E-state index in [2.05, 4.69) is 83.8 Å².